The molecule has 2 aromatic carbocycles. The average Bonchev–Trinajstić information content (AvgIpc) is 3.23. The van der Waals surface area contributed by atoms with E-state index in [1.54, 1.807) is 57.2 Å². The Hall–Kier alpha value is -5.73. The molecule has 12 atom stereocenters. The quantitative estimate of drug-likeness (QED) is 0.101. The molecule has 0 aromatic heterocycles. The smallest absolute Gasteiger partial charge is 0.408 e. The van der Waals surface area contributed by atoms with Gasteiger partial charge in [-0.05, 0) is 63.5 Å². The van der Waals surface area contributed by atoms with Gasteiger partial charge in [0.05, 0.1) is 36.0 Å². The Balaban J connectivity index is 1.53. The Morgan fingerprint density at radius 3 is 2.09 bits per heavy atom. The topological polar surface area (TPSA) is 288 Å². The van der Waals surface area contributed by atoms with Gasteiger partial charge in [0.15, 0.2) is 17.5 Å². The van der Waals surface area contributed by atoms with Crippen LogP contribution in [0.4, 0.5) is 4.79 Å². The Kier molecular flexibility index (Phi) is 13.7. The summed E-state index contributed by atoms with van der Waals surface area (Å²) in [5, 5.41) is 59.8. The number of aliphatic hydroxyl groups excluding tert-OH is 3. The van der Waals surface area contributed by atoms with E-state index < -0.39 is 137 Å². The molecule has 3 fully saturated rings. The van der Waals surface area contributed by atoms with Crippen LogP contribution in [0.3, 0.4) is 0 Å². The van der Waals surface area contributed by atoms with Crippen LogP contribution in [-0.4, -0.2) is 133 Å². The fourth-order valence-corrected chi connectivity index (χ4v) is 10.1. The molecule has 1 aliphatic heterocycles. The van der Waals surface area contributed by atoms with Gasteiger partial charge in [0.25, 0.3) is 0 Å². The van der Waals surface area contributed by atoms with Gasteiger partial charge in [0, 0.05) is 25.2 Å². The minimum Gasteiger partial charge on any atom is -0.479 e. The second-order valence-electron chi connectivity index (χ2n) is 19.1. The molecule has 0 spiro atoms. The summed E-state index contributed by atoms with van der Waals surface area (Å²) in [6.07, 6.45) is -16.0. The summed E-state index contributed by atoms with van der Waals surface area (Å²) in [5.74, 6) is -9.02. The minimum absolute atomic E-state index is 0.0150. The van der Waals surface area contributed by atoms with E-state index in [2.05, 4.69) is 5.32 Å². The molecule has 2 saturated carbocycles. The van der Waals surface area contributed by atoms with Crippen LogP contribution in [0.25, 0.3) is 0 Å². The number of ketones is 1. The lowest BCUT2D eigenvalue weighted by Gasteiger charge is -2.67. The average molecular weight is 924 g/mol. The van der Waals surface area contributed by atoms with Gasteiger partial charge in [-0.15, -0.1) is 0 Å². The Morgan fingerprint density at radius 1 is 0.939 bits per heavy atom. The van der Waals surface area contributed by atoms with Crippen molar-refractivity contribution < 1.29 is 87.5 Å². The van der Waals surface area contributed by atoms with Crippen molar-refractivity contribution in [3.05, 3.63) is 82.9 Å². The van der Waals surface area contributed by atoms with E-state index in [9.17, 15) is 54.3 Å². The Bertz CT molecular complexity index is 2270. The van der Waals surface area contributed by atoms with Gasteiger partial charge in [-0.1, -0.05) is 62.4 Å². The minimum atomic E-state index is -2.50. The molecule has 3 aliphatic carbocycles. The highest BCUT2D eigenvalue weighted by Crippen LogP contribution is 2.64. The highest BCUT2D eigenvalue weighted by atomic mass is 16.6. The van der Waals surface area contributed by atoms with Crippen LogP contribution in [0.5, 0.6) is 0 Å². The van der Waals surface area contributed by atoms with Gasteiger partial charge in [-0.3, -0.25) is 14.4 Å². The van der Waals surface area contributed by atoms with E-state index in [0.717, 1.165) is 6.92 Å². The Labute approximate surface area is 380 Å². The van der Waals surface area contributed by atoms with Gasteiger partial charge in [0.1, 0.15) is 41.7 Å². The summed E-state index contributed by atoms with van der Waals surface area (Å²) in [4.78, 5) is 95.3. The van der Waals surface area contributed by atoms with E-state index >= 15 is 4.79 Å². The Morgan fingerprint density at radius 2 is 1.55 bits per heavy atom. The highest BCUT2D eigenvalue weighted by Gasteiger charge is 2.78. The number of carbonyl (C=O) groups is 7. The second-order valence-corrected chi connectivity index (χ2v) is 19.1. The molecule has 4 aliphatic rings. The number of Topliss-reactive ketones (excluding diaryl/α,β-unsaturated/α-hetero) is 1. The van der Waals surface area contributed by atoms with E-state index in [0.29, 0.717) is 0 Å². The maximum Gasteiger partial charge on any atom is 0.408 e. The molecular formula is C47H57NO18. The summed E-state index contributed by atoms with van der Waals surface area (Å²) in [6.45, 7) is 11.2. The zero-order valence-electron chi connectivity index (χ0n) is 37.8. The number of alkyl carbamates (subject to hydrolysis) is 1. The molecule has 1 saturated heterocycles. The number of carboxylic acids is 1. The van der Waals surface area contributed by atoms with Crippen LogP contribution in [0.1, 0.15) is 96.6 Å². The van der Waals surface area contributed by atoms with Gasteiger partial charge >= 0.3 is 35.9 Å². The summed E-state index contributed by atoms with van der Waals surface area (Å²) in [7, 11) is 0. The van der Waals surface area contributed by atoms with Gasteiger partial charge < -0.3 is 59.3 Å². The zero-order valence-corrected chi connectivity index (χ0v) is 37.8. The largest absolute Gasteiger partial charge is 0.479 e. The van der Waals surface area contributed by atoms with Crippen molar-refractivity contribution in [1.29, 1.82) is 0 Å². The number of nitrogens with one attached hydrogen (secondary N) is 1. The third-order valence-electron chi connectivity index (χ3n) is 13.4. The molecular weight excluding hydrogens is 867 g/mol. The van der Waals surface area contributed by atoms with Gasteiger partial charge in [-0.25, -0.2) is 19.2 Å². The third kappa shape index (κ3) is 8.93. The van der Waals surface area contributed by atoms with E-state index in [4.69, 9.17) is 28.4 Å². The molecule has 1 heterocycles. The number of ether oxygens (including phenoxy) is 6. The SMILES string of the molecule is CC(=O)O[C@@]12CO[C@@H]1C[C@H](O)[C@@]1(C)C(=O)[C@H](O)C3=C(C)[C@@H](OC(=O)[C@H](OC(=O)CC(O)C(=O)O)[C@@H](NC(=O)OC(C)(C)C)c4ccccc4)C[C@@](O)([C@@H](OC(=O)c4ccccc4)[C@H]21)C3(C)C. The maximum atomic E-state index is 15.1. The highest BCUT2D eigenvalue weighted by molar-refractivity contribution is 5.94. The summed E-state index contributed by atoms with van der Waals surface area (Å²) >= 11 is 0. The van der Waals surface area contributed by atoms with Crippen LogP contribution in [0.15, 0.2) is 71.8 Å². The predicted molar refractivity (Wildman–Crippen MR) is 226 cm³/mol. The van der Waals surface area contributed by atoms with Crippen LogP contribution in [0.2, 0.25) is 0 Å². The first-order valence-corrected chi connectivity index (χ1v) is 21.5. The van der Waals surface area contributed by atoms with E-state index in [1.165, 1.54) is 52.0 Å². The van der Waals surface area contributed by atoms with Crippen molar-refractivity contribution in [1.82, 2.24) is 5.32 Å². The number of carboxylic acid groups (broad SMARTS) is 1. The normalized spacial score (nSPS) is 31.4. The number of benzene rings is 2. The summed E-state index contributed by atoms with van der Waals surface area (Å²) in [6, 6.07) is 13.7. The summed E-state index contributed by atoms with van der Waals surface area (Å²) < 4.78 is 35.3. The molecule has 0 radical (unpaired) electrons. The van der Waals surface area contributed by atoms with Gasteiger partial charge in [0.2, 0.25) is 6.10 Å². The number of fused-ring (bicyclic) bond motifs is 5. The summed E-state index contributed by atoms with van der Waals surface area (Å²) in [5.41, 5.74) is -9.22. The number of aliphatic hydroxyl groups is 4. The van der Waals surface area contributed by atoms with Crippen LogP contribution in [-0.2, 0) is 52.4 Å². The molecule has 2 aromatic rings. The van der Waals surface area contributed by atoms with Crippen molar-refractivity contribution >= 4 is 41.7 Å². The molecule has 19 heteroatoms. The molecule has 6 rings (SSSR count). The monoisotopic (exact) mass is 923 g/mol. The molecule has 6 N–H and O–H groups in total. The number of aliphatic carboxylic acids is 1. The number of carbonyl (C=O) groups excluding carboxylic acids is 6. The fourth-order valence-electron chi connectivity index (χ4n) is 10.1. The van der Waals surface area contributed by atoms with E-state index in [-0.39, 0.29) is 35.3 Å². The number of esters is 4. The van der Waals surface area contributed by atoms with Crippen molar-refractivity contribution in [3.8, 4) is 0 Å². The van der Waals surface area contributed by atoms with Crippen molar-refractivity contribution in [2.24, 2.45) is 16.7 Å². The number of hydrogen-bond acceptors (Lipinski definition) is 17. The maximum absolute atomic E-state index is 15.1. The lowest BCUT2D eigenvalue weighted by molar-refractivity contribution is -0.346. The van der Waals surface area contributed by atoms with Crippen molar-refractivity contribution in [2.75, 3.05) is 6.61 Å². The van der Waals surface area contributed by atoms with Crippen LogP contribution < -0.4 is 5.32 Å². The van der Waals surface area contributed by atoms with Crippen LogP contribution >= 0.6 is 0 Å². The van der Waals surface area contributed by atoms with E-state index in [1.807, 2.05) is 0 Å². The fraction of sp³-hybridized carbons (Fsp3) is 0.553. The number of rotatable bonds is 12. The first kappa shape index (κ1) is 49.7. The molecule has 1 amide bonds. The van der Waals surface area contributed by atoms with Crippen LogP contribution in [0, 0.1) is 16.7 Å². The molecule has 2 bridgehead atoms. The standard InChI is InChI=1S/C47H57NO18/c1-23-28(62-41(58)35(63-31(52)19-27(50)39(55)56)33(25-15-11-9-12-16-25)48-42(59)66-43(3,4)5)21-47(60)38(64-40(57)26-17-13-10-14-18-26)36-45(8,37(54)34(53)32(23)44(47,6)7)29(51)20-30-46(36,22-61-30)65-24(2)49/h9-18,27-30,33-36,38,50-51,53,60H,19-22H2,1-8H3,(H,48,59)(H,55,56)/t27?,28-,29-,30+,33-,34+,35+,36-,38-,45+,46-,47+/m0/s1. The first-order chi connectivity index (χ1) is 30.7. The molecule has 66 heavy (non-hydrogen) atoms. The molecule has 1 unspecified atom stereocenters. The molecule has 358 valence electrons. The number of hydrogen-bond donors (Lipinski definition) is 6. The zero-order chi connectivity index (χ0) is 48.9. The van der Waals surface area contributed by atoms with Crippen molar-refractivity contribution in [2.45, 2.75) is 140 Å². The lowest BCUT2D eigenvalue weighted by atomic mass is 9.44. The third-order valence-corrected chi connectivity index (χ3v) is 13.4. The number of amides is 1. The van der Waals surface area contributed by atoms with Crippen molar-refractivity contribution in [3.63, 3.8) is 0 Å². The van der Waals surface area contributed by atoms with Gasteiger partial charge in [-0.2, -0.15) is 0 Å². The predicted octanol–water partition coefficient (Wildman–Crippen LogP) is 2.65. The molecule has 19 nitrogen and oxygen atoms in total. The second kappa shape index (κ2) is 18.2. The lowest BCUT2D eigenvalue weighted by Crippen LogP contribution is -2.81. The first-order valence-electron chi connectivity index (χ1n) is 21.5.